The maximum atomic E-state index is 12.3. The first kappa shape index (κ1) is 14.7. The fourth-order valence-corrected chi connectivity index (χ4v) is 3.10. The third-order valence-electron chi connectivity index (χ3n) is 4.41. The van der Waals surface area contributed by atoms with Gasteiger partial charge in [-0.05, 0) is 11.5 Å². The van der Waals surface area contributed by atoms with Crippen LogP contribution in [0.3, 0.4) is 0 Å². The van der Waals surface area contributed by atoms with E-state index in [-0.39, 0.29) is 5.56 Å². The molecular formula is C17H18BN5O. The van der Waals surface area contributed by atoms with Gasteiger partial charge in [0.25, 0.3) is 5.56 Å². The molecule has 0 atom stereocenters. The van der Waals surface area contributed by atoms with Gasteiger partial charge in [-0.2, -0.15) is 5.10 Å². The van der Waals surface area contributed by atoms with E-state index in [0.717, 1.165) is 42.5 Å². The van der Waals surface area contributed by atoms with Crippen LogP contribution >= 0.6 is 0 Å². The number of rotatable bonds is 4. The van der Waals surface area contributed by atoms with Gasteiger partial charge in [0.1, 0.15) is 5.82 Å². The van der Waals surface area contributed by atoms with Crippen molar-refractivity contribution in [3.05, 3.63) is 40.8 Å². The average molecular weight is 319 g/mol. The highest BCUT2D eigenvalue weighted by atomic mass is 16.1. The van der Waals surface area contributed by atoms with Crippen LogP contribution in [-0.4, -0.2) is 36.0 Å². The second-order valence-corrected chi connectivity index (χ2v) is 5.95. The largest absolute Gasteiger partial charge is 0.364 e. The Hall–Kier alpha value is -2.83. The topological polar surface area (TPSA) is 82.2 Å². The van der Waals surface area contributed by atoms with Crippen LogP contribution in [0.5, 0.6) is 0 Å². The number of hydrogen-bond acceptors (Lipinski definition) is 5. The molecule has 1 aliphatic heterocycles. The molecular weight excluding hydrogens is 301 g/mol. The molecule has 3 N–H and O–H groups in total. The fraction of sp³-hybridized carbons (Fsp3) is 0.235. The SMILES string of the molecule is CBc1ccc2c(NCC3=NNCC3)nc3cc[nH]c(=O)c3c2c1. The fourth-order valence-electron chi connectivity index (χ4n) is 3.10. The van der Waals surface area contributed by atoms with Crippen LogP contribution in [-0.2, 0) is 0 Å². The summed E-state index contributed by atoms with van der Waals surface area (Å²) in [6, 6.07) is 8.07. The molecule has 0 radical (unpaired) electrons. The standard InChI is InChI=1S/C17H18BN5O/c1-18-10-2-3-12-13(8-10)15-14(5-6-19-17(15)24)22-16(12)20-9-11-4-7-21-23-11/h2-3,5-6,8,18,21H,4,7,9H2,1H3,(H,19,24)(H,20,22). The average Bonchev–Trinajstić information content (AvgIpc) is 3.12. The van der Waals surface area contributed by atoms with E-state index < -0.39 is 0 Å². The maximum absolute atomic E-state index is 12.3. The van der Waals surface area contributed by atoms with E-state index >= 15 is 0 Å². The Labute approximate surface area is 139 Å². The number of hydrazone groups is 1. The molecule has 0 saturated carbocycles. The summed E-state index contributed by atoms with van der Waals surface area (Å²) < 4.78 is 0. The zero-order valence-corrected chi connectivity index (χ0v) is 13.5. The summed E-state index contributed by atoms with van der Waals surface area (Å²) >= 11 is 0. The van der Waals surface area contributed by atoms with E-state index in [0.29, 0.717) is 17.4 Å². The van der Waals surface area contributed by atoms with E-state index in [2.05, 4.69) is 44.8 Å². The van der Waals surface area contributed by atoms with Crippen LogP contribution in [0, 0.1) is 0 Å². The molecule has 0 unspecified atom stereocenters. The Morgan fingerprint density at radius 3 is 3.00 bits per heavy atom. The summed E-state index contributed by atoms with van der Waals surface area (Å²) in [6.45, 7) is 3.65. The molecule has 24 heavy (non-hydrogen) atoms. The number of nitrogens with one attached hydrogen (secondary N) is 3. The maximum Gasteiger partial charge on any atom is 0.258 e. The molecule has 1 aromatic carbocycles. The Bertz CT molecular complexity index is 1010. The molecule has 0 aliphatic carbocycles. The van der Waals surface area contributed by atoms with Crippen molar-refractivity contribution >= 4 is 45.9 Å². The van der Waals surface area contributed by atoms with Crippen molar-refractivity contribution in [3.8, 4) is 0 Å². The lowest BCUT2D eigenvalue weighted by Crippen LogP contribution is -2.16. The summed E-state index contributed by atoms with van der Waals surface area (Å²) in [5, 5.41) is 10.2. The van der Waals surface area contributed by atoms with Crippen LogP contribution in [0.15, 0.2) is 40.4 Å². The number of aromatic nitrogens is 2. The molecule has 7 heteroatoms. The minimum absolute atomic E-state index is 0.103. The van der Waals surface area contributed by atoms with Crippen molar-refractivity contribution in [1.82, 2.24) is 15.4 Å². The number of H-pyrrole nitrogens is 1. The summed E-state index contributed by atoms with van der Waals surface area (Å²) in [5.41, 5.74) is 5.87. The molecule has 0 saturated heterocycles. The lowest BCUT2D eigenvalue weighted by atomic mass is 9.73. The summed E-state index contributed by atoms with van der Waals surface area (Å²) in [6.07, 6.45) is 2.58. The Morgan fingerprint density at radius 1 is 1.29 bits per heavy atom. The quantitative estimate of drug-likeness (QED) is 0.494. The van der Waals surface area contributed by atoms with E-state index in [1.807, 2.05) is 12.1 Å². The van der Waals surface area contributed by atoms with Gasteiger partial charge in [-0.15, -0.1) is 0 Å². The van der Waals surface area contributed by atoms with E-state index in [1.165, 1.54) is 5.46 Å². The minimum Gasteiger partial charge on any atom is -0.364 e. The molecule has 4 rings (SSSR count). The molecule has 120 valence electrons. The number of anilines is 1. The molecule has 0 spiro atoms. The third kappa shape index (κ3) is 2.52. The second kappa shape index (κ2) is 6.00. The first-order chi connectivity index (χ1) is 11.8. The van der Waals surface area contributed by atoms with Crippen LogP contribution in [0.4, 0.5) is 5.82 Å². The predicted molar refractivity (Wildman–Crippen MR) is 101 cm³/mol. The van der Waals surface area contributed by atoms with E-state index in [4.69, 9.17) is 0 Å². The van der Waals surface area contributed by atoms with E-state index in [1.54, 1.807) is 6.20 Å². The lowest BCUT2D eigenvalue weighted by molar-refractivity contribution is 0.813. The molecule has 0 amide bonds. The third-order valence-corrected chi connectivity index (χ3v) is 4.41. The van der Waals surface area contributed by atoms with Gasteiger partial charge in [-0.25, -0.2) is 4.98 Å². The predicted octanol–water partition coefficient (Wildman–Crippen LogP) is 0.947. The van der Waals surface area contributed by atoms with Crippen molar-refractivity contribution in [3.63, 3.8) is 0 Å². The van der Waals surface area contributed by atoms with Crippen molar-refractivity contribution < 1.29 is 0 Å². The molecule has 3 aromatic rings. The van der Waals surface area contributed by atoms with Crippen LogP contribution in [0.25, 0.3) is 21.7 Å². The van der Waals surface area contributed by atoms with Crippen molar-refractivity contribution in [2.45, 2.75) is 13.2 Å². The van der Waals surface area contributed by atoms with Gasteiger partial charge in [0.15, 0.2) is 7.28 Å². The molecule has 3 heterocycles. The highest BCUT2D eigenvalue weighted by Crippen LogP contribution is 2.26. The van der Waals surface area contributed by atoms with Gasteiger partial charge < -0.3 is 15.7 Å². The number of nitrogens with zero attached hydrogens (tertiary/aromatic N) is 2. The van der Waals surface area contributed by atoms with Crippen molar-refractivity contribution in [1.29, 1.82) is 0 Å². The first-order valence-electron chi connectivity index (χ1n) is 8.22. The second-order valence-electron chi connectivity index (χ2n) is 5.95. The van der Waals surface area contributed by atoms with Gasteiger partial charge in [-0.1, -0.05) is 30.5 Å². The van der Waals surface area contributed by atoms with Gasteiger partial charge in [-0.3, -0.25) is 4.79 Å². The van der Waals surface area contributed by atoms with Gasteiger partial charge in [0.05, 0.1) is 23.2 Å². The monoisotopic (exact) mass is 319 g/mol. The number of fused-ring (bicyclic) bond motifs is 3. The summed E-state index contributed by atoms with van der Waals surface area (Å²) in [7, 11) is 0.926. The number of pyridine rings is 2. The zero-order chi connectivity index (χ0) is 16.5. The van der Waals surface area contributed by atoms with Gasteiger partial charge in [0.2, 0.25) is 0 Å². The summed E-state index contributed by atoms with van der Waals surface area (Å²) in [4.78, 5) is 19.8. The van der Waals surface area contributed by atoms with Gasteiger partial charge >= 0.3 is 0 Å². The lowest BCUT2D eigenvalue weighted by Gasteiger charge is -2.12. The molecule has 6 nitrogen and oxygen atoms in total. The Kier molecular flexibility index (Phi) is 3.68. The zero-order valence-electron chi connectivity index (χ0n) is 13.5. The molecule has 0 bridgehead atoms. The normalized spacial score (nSPS) is 13.8. The smallest absolute Gasteiger partial charge is 0.258 e. The number of benzene rings is 1. The van der Waals surface area contributed by atoms with Crippen molar-refractivity contribution in [2.75, 3.05) is 18.4 Å². The van der Waals surface area contributed by atoms with Crippen LogP contribution in [0.1, 0.15) is 6.42 Å². The number of hydrogen-bond donors (Lipinski definition) is 3. The minimum atomic E-state index is -0.103. The van der Waals surface area contributed by atoms with Crippen LogP contribution < -0.4 is 21.8 Å². The summed E-state index contributed by atoms with van der Waals surface area (Å²) in [5.74, 6) is 0.792. The molecule has 2 aromatic heterocycles. The van der Waals surface area contributed by atoms with Gasteiger partial charge in [0, 0.05) is 24.5 Å². The molecule has 1 aliphatic rings. The highest BCUT2D eigenvalue weighted by molar-refractivity contribution is 6.52. The van der Waals surface area contributed by atoms with E-state index in [9.17, 15) is 4.79 Å². The van der Waals surface area contributed by atoms with Crippen molar-refractivity contribution in [2.24, 2.45) is 5.10 Å². The first-order valence-corrected chi connectivity index (χ1v) is 8.22. The Morgan fingerprint density at radius 2 is 2.21 bits per heavy atom. The number of aromatic amines is 1. The Balaban J connectivity index is 1.90. The molecule has 0 fully saturated rings. The van der Waals surface area contributed by atoms with Crippen LogP contribution in [0.2, 0.25) is 6.82 Å². The highest BCUT2D eigenvalue weighted by Gasteiger charge is 2.13.